The number of hydrogen-bond donors (Lipinski definition) is 1. The molecular weight excluding hydrogens is 296 g/mol. The van der Waals surface area contributed by atoms with Gasteiger partial charge in [-0.25, -0.2) is 4.79 Å². The number of carboxylic acids is 1. The molecule has 1 N–H and O–H groups in total. The minimum absolute atomic E-state index is 0.0602. The summed E-state index contributed by atoms with van der Waals surface area (Å²) in [6, 6.07) is 5.06. The van der Waals surface area contributed by atoms with Gasteiger partial charge in [-0.1, -0.05) is 35.8 Å². The second-order valence-electron chi connectivity index (χ2n) is 4.08. The third kappa shape index (κ3) is 4.06. The first-order valence-electron chi connectivity index (χ1n) is 6.24. The number of aliphatic carboxylic acids is 1. The summed E-state index contributed by atoms with van der Waals surface area (Å²) in [5.41, 5.74) is 0.556. The zero-order valence-corrected chi connectivity index (χ0v) is 12.0. The lowest BCUT2D eigenvalue weighted by atomic mass is 10.2. The van der Waals surface area contributed by atoms with Crippen molar-refractivity contribution in [3.05, 3.63) is 46.6 Å². The molecule has 0 unspecified atom stereocenters. The fourth-order valence-corrected chi connectivity index (χ4v) is 1.83. The molecule has 0 bridgehead atoms. The van der Waals surface area contributed by atoms with Crippen molar-refractivity contribution in [3.63, 3.8) is 0 Å². The molecule has 0 spiro atoms. The number of benzene rings is 1. The van der Waals surface area contributed by atoms with Crippen LogP contribution in [0.1, 0.15) is 24.2 Å². The fourth-order valence-electron chi connectivity index (χ4n) is 1.60. The molecule has 0 aliphatic rings. The number of rotatable bonds is 6. The van der Waals surface area contributed by atoms with E-state index in [0.717, 1.165) is 6.08 Å². The molecule has 6 nitrogen and oxygen atoms in total. The fraction of sp³-hybridized carbons (Fsp3) is 0.214. The van der Waals surface area contributed by atoms with Gasteiger partial charge in [-0.2, -0.15) is 4.98 Å². The number of para-hydroxylation sites is 1. The first kappa shape index (κ1) is 15.1. The first-order valence-corrected chi connectivity index (χ1v) is 6.61. The summed E-state index contributed by atoms with van der Waals surface area (Å²) in [4.78, 5) is 14.7. The number of hydrogen-bond acceptors (Lipinski definition) is 5. The zero-order valence-electron chi connectivity index (χ0n) is 11.2. The van der Waals surface area contributed by atoms with Crippen molar-refractivity contribution in [2.24, 2.45) is 0 Å². The molecule has 2 rings (SSSR count). The predicted octanol–water partition coefficient (Wildman–Crippen LogP) is 2.96. The summed E-state index contributed by atoms with van der Waals surface area (Å²) in [7, 11) is 0. The van der Waals surface area contributed by atoms with Gasteiger partial charge in [0.1, 0.15) is 5.75 Å². The molecule has 1 aromatic carbocycles. The van der Waals surface area contributed by atoms with Crippen LogP contribution in [0.5, 0.6) is 5.75 Å². The highest BCUT2D eigenvalue weighted by Gasteiger charge is 2.10. The normalized spacial score (nSPS) is 11.0. The van der Waals surface area contributed by atoms with Gasteiger partial charge in [0, 0.05) is 18.1 Å². The molecule has 1 heterocycles. The van der Waals surface area contributed by atoms with E-state index < -0.39 is 5.97 Å². The van der Waals surface area contributed by atoms with Crippen molar-refractivity contribution in [1.29, 1.82) is 0 Å². The zero-order chi connectivity index (χ0) is 15.2. The van der Waals surface area contributed by atoms with Crippen LogP contribution in [0.2, 0.25) is 5.02 Å². The number of aryl methyl sites for hydroxylation is 1. The smallest absolute Gasteiger partial charge is 0.328 e. The third-order valence-corrected chi connectivity index (χ3v) is 2.87. The average Bonchev–Trinajstić information content (AvgIpc) is 2.92. The van der Waals surface area contributed by atoms with Crippen LogP contribution in [0, 0.1) is 0 Å². The van der Waals surface area contributed by atoms with Crippen molar-refractivity contribution in [3.8, 4) is 5.75 Å². The summed E-state index contributed by atoms with van der Waals surface area (Å²) in [6.45, 7) is 1.98. The first-order chi connectivity index (χ1) is 10.1. The van der Waals surface area contributed by atoms with Gasteiger partial charge >= 0.3 is 5.97 Å². The average molecular weight is 309 g/mol. The van der Waals surface area contributed by atoms with E-state index in [-0.39, 0.29) is 6.61 Å². The number of carbonyl (C=O) groups is 1. The second kappa shape index (κ2) is 6.90. The molecule has 0 atom stereocenters. The van der Waals surface area contributed by atoms with Crippen molar-refractivity contribution >= 4 is 23.6 Å². The van der Waals surface area contributed by atoms with Crippen molar-refractivity contribution in [1.82, 2.24) is 10.1 Å². The quantitative estimate of drug-likeness (QED) is 0.826. The monoisotopic (exact) mass is 308 g/mol. The van der Waals surface area contributed by atoms with Crippen LogP contribution in [0.25, 0.3) is 6.08 Å². The van der Waals surface area contributed by atoms with Crippen LogP contribution in [-0.2, 0) is 17.8 Å². The summed E-state index contributed by atoms with van der Waals surface area (Å²) in [5.74, 6) is 0.247. The van der Waals surface area contributed by atoms with E-state index in [9.17, 15) is 4.79 Å². The molecule has 110 valence electrons. The molecule has 21 heavy (non-hydrogen) atoms. The third-order valence-electron chi connectivity index (χ3n) is 2.57. The summed E-state index contributed by atoms with van der Waals surface area (Å²) in [6.07, 6.45) is 3.09. The topological polar surface area (TPSA) is 85.5 Å². The van der Waals surface area contributed by atoms with E-state index in [1.165, 1.54) is 6.08 Å². The van der Waals surface area contributed by atoms with Gasteiger partial charge in [0.15, 0.2) is 12.4 Å². The van der Waals surface area contributed by atoms with Gasteiger partial charge in [0.2, 0.25) is 0 Å². The maximum absolute atomic E-state index is 10.6. The Morgan fingerprint density at radius 2 is 2.33 bits per heavy atom. The lowest BCUT2D eigenvalue weighted by Gasteiger charge is -2.09. The number of nitrogens with zero attached hydrogens (tertiary/aromatic N) is 2. The summed E-state index contributed by atoms with van der Waals surface area (Å²) < 4.78 is 10.6. The maximum Gasteiger partial charge on any atom is 0.328 e. The van der Waals surface area contributed by atoms with E-state index in [1.807, 2.05) is 6.92 Å². The van der Waals surface area contributed by atoms with Crippen LogP contribution >= 0.6 is 11.6 Å². The Kier molecular flexibility index (Phi) is 4.94. The second-order valence-corrected chi connectivity index (χ2v) is 4.48. The summed E-state index contributed by atoms with van der Waals surface area (Å²) in [5, 5.41) is 12.8. The minimum atomic E-state index is -1.05. The van der Waals surface area contributed by atoms with Crippen LogP contribution in [0.15, 0.2) is 28.8 Å². The van der Waals surface area contributed by atoms with Crippen molar-refractivity contribution in [2.75, 3.05) is 0 Å². The number of carboxylic acid groups (broad SMARTS) is 1. The highest BCUT2D eigenvalue weighted by molar-refractivity contribution is 6.32. The Balaban J connectivity index is 2.16. The van der Waals surface area contributed by atoms with Crippen LogP contribution in [0.4, 0.5) is 0 Å². The highest BCUT2D eigenvalue weighted by Crippen LogP contribution is 2.30. The largest absolute Gasteiger partial charge is 0.482 e. The van der Waals surface area contributed by atoms with E-state index in [1.54, 1.807) is 18.2 Å². The highest BCUT2D eigenvalue weighted by atomic mass is 35.5. The van der Waals surface area contributed by atoms with Crippen LogP contribution in [-0.4, -0.2) is 21.2 Å². The lowest BCUT2D eigenvalue weighted by molar-refractivity contribution is -0.131. The van der Waals surface area contributed by atoms with E-state index in [0.29, 0.717) is 34.5 Å². The number of halogens is 1. The van der Waals surface area contributed by atoms with E-state index in [2.05, 4.69) is 10.1 Å². The van der Waals surface area contributed by atoms with Gasteiger partial charge in [-0.05, 0) is 12.1 Å². The molecular formula is C14H13ClN2O4. The minimum Gasteiger partial charge on any atom is -0.482 e. The summed E-state index contributed by atoms with van der Waals surface area (Å²) >= 11 is 6.07. The molecule has 0 radical (unpaired) electrons. The van der Waals surface area contributed by atoms with Crippen molar-refractivity contribution < 1.29 is 19.2 Å². The molecule has 7 heteroatoms. The molecule has 0 aliphatic heterocycles. The van der Waals surface area contributed by atoms with Gasteiger partial charge < -0.3 is 14.4 Å². The molecule has 0 amide bonds. The van der Waals surface area contributed by atoms with Gasteiger partial charge in [0.25, 0.3) is 5.89 Å². The van der Waals surface area contributed by atoms with E-state index >= 15 is 0 Å². The molecule has 1 aromatic heterocycles. The van der Waals surface area contributed by atoms with Gasteiger partial charge in [-0.3, -0.25) is 0 Å². The number of ether oxygens (including phenoxy) is 1. The van der Waals surface area contributed by atoms with Crippen LogP contribution in [0.3, 0.4) is 0 Å². The Hall–Kier alpha value is -2.34. The Morgan fingerprint density at radius 1 is 1.52 bits per heavy atom. The molecule has 2 aromatic rings. The lowest BCUT2D eigenvalue weighted by Crippen LogP contribution is -1.98. The Labute approximate surface area is 126 Å². The number of aromatic nitrogens is 2. The Bertz CT molecular complexity index is 667. The van der Waals surface area contributed by atoms with E-state index in [4.69, 9.17) is 26.0 Å². The molecule has 0 saturated carbocycles. The Morgan fingerprint density at radius 3 is 3.00 bits per heavy atom. The predicted molar refractivity (Wildman–Crippen MR) is 76.1 cm³/mol. The van der Waals surface area contributed by atoms with Gasteiger partial charge in [-0.15, -0.1) is 0 Å². The van der Waals surface area contributed by atoms with Gasteiger partial charge in [0.05, 0.1) is 5.02 Å². The standard InChI is InChI=1S/C14H13ClN2O4/c1-2-11-16-12(21-17-11)8-20-14-9(6-7-13(18)19)4-3-5-10(14)15/h3-7H,2,8H2,1H3,(H,18,19)/b7-6+. The van der Waals surface area contributed by atoms with Crippen LogP contribution < -0.4 is 4.74 Å². The SMILES string of the molecule is CCc1noc(COc2c(Cl)cccc2/C=C/C(=O)O)n1. The molecule has 0 saturated heterocycles. The maximum atomic E-state index is 10.6. The van der Waals surface area contributed by atoms with Crippen molar-refractivity contribution in [2.45, 2.75) is 20.0 Å². The molecule has 0 fully saturated rings. The molecule has 0 aliphatic carbocycles.